The number of hydrogen-bond acceptors (Lipinski definition) is 3. The highest BCUT2D eigenvalue weighted by molar-refractivity contribution is 6.03. The van der Waals surface area contributed by atoms with Crippen molar-refractivity contribution in [3.63, 3.8) is 0 Å². The van der Waals surface area contributed by atoms with E-state index in [1.165, 1.54) is 5.56 Å². The van der Waals surface area contributed by atoms with E-state index in [9.17, 15) is 4.79 Å². The predicted molar refractivity (Wildman–Crippen MR) is 103 cm³/mol. The summed E-state index contributed by atoms with van der Waals surface area (Å²) in [5, 5.41) is 0. The Bertz CT molecular complexity index is 883. The van der Waals surface area contributed by atoms with Crippen molar-refractivity contribution in [1.82, 2.24) is 0 Å². The van der Waals surface area contributed by atoms with Gasteiger partial charge in [-0.3, -0.25) is 4.79 Å². The minimum absolute atomic E-state index is 0.0287. The maximum Gasteiger partial charge on any atom is 0.174 e. The Kier molecular flexibility index (Phi) is 5.37. The van der Waals surface area contributed by atoms with Crippen LogP contribution in [0.3, 0.4) is 0 Å². The Morgan fingerprint density at radius 3 is 2.00 bits per heavy atom. The normalized spacial score (nSPS) is 11.7. The Labute approximate surface area is 154 Å². The van der Waals surface area contributed by atoms with Crippen LogP contribution in [-0.4, -0.2) is 20.0 Å². The van der Waals surface area contributed by atoms with Crippen molar-refractivity contribution >= 4 is 5.78 Å². The molecule has 0 radical (unpaired) electrons. The molecule has 0 spiro atoms. The molecule has 132 valence electrons. The van der Waals surface area contributed by atoms with E-state index in [1.807, 2.05) is 61.5 Å². The van der Waals surface area contributed by atoms with Gasteiger partial charge in [-0.05, 0) is 36.2 Å². The molecule has 3 rings (SSSR count). The fraction of sp³-hybridized carbons (Fsp3) is 0.174. The molecule has 0 aliphatic heterocycles. The van der Waals surface area contributed by atoms with E-state index < -0.39 is 0 Å². The van der Waals surface area contributed by atoms with Crippen LogP contribution in [0.2, 0.25) is 0 Å². The molecule has 3 aromatic carbocycles. The Morgan fingerprint density at radius 2 is 1.38 bits per heavy atom. The van der Waals surface area contributed by atoms with E-state index in [2.05, 4.69) is 0 Å². The van der Waals surface area contributed by atoms with Crippen molar-refractivity contribution < 1.29 is 14.3 Å². The summed E-state index contributed by atoms with van der Waals surface area (Å²) in [6.45, 7) is 2.04. The molecule has 3 heteroatoms. The zero-order chi connectivity index (χ0) is 18.5. The highest BCUT2D eigenvalue weighted by atomic mass is 16.5. The number of ketones is 1. The largest absolute Gasteiger partial charge is 0.493 e. The molecule has 3 nitrogen and oxygen atoms in total. The predicted octanol–water partition coefficient (Wildman–Crippen LogP) is 5.03. The second-order valence-corrected chi connectivity index (χ2v) is 6.19. The van der Waals surface area contributed by atoms with Crippen LogP contribution in [-0.2, 0) is 0 Å². The van der Waals surface area contributed by atoms with Crippen LogP contribution in [0.15, 0.2) is 72.8 Å². The molecule has 0 aliphatic rings. The van der Waals surface area contributed by atoms with Crippen molar-refractivity contribution in [2.24, 2.45) is 0 Å². The maximum atomic E-state index is 13.4. The fourth-order valence-electron chi connectivity index (χ4n) is 3.06. The van der Waals surface area contributed by atoms with Gasteiger partial charge in [-0.2, -0.15) is 0 Å². The lowest BCUT2D eigenvalue weighted by Gasteiger charge is -2.18. The molecule has 0 bridgehead atoms. The summed E-state index contributed by atoms with van der Waals surface area (Å²) in [6, 6.07) is 23.2. The van der Waals surface area contributed by atoms with E-state index in [0.29, 0.717) is 17.1 Å². The van der Waals surface area contributed by atoms with Gasteiger partial charge in [0.15, 0.2) is 17.3 Å². The van der Waals surface area contributed by atoms with Crippen LogP contribution in [0.25, 0.3) is 0 Å². The molecule has 0 heterocycles. The number of rotatable bonds is 6. The zero-order valence-electron chi connectivity index (χ0n) is 15.2. The third-order valence-electron chi connectivity index (χ3n) is 4.47. The van der Waals surface area contributed by atoms with Gasteiger partial charge < -0.3 is 9.47 Å². The van der Waals surface area contributed by atoms with Crippen molar-refractivity contribution in [1.29, 1.82) is 0 Å². The topological polar surface area (TPSA) is 35.5 Å². The highest BCUT2D eigenvalue weighted by Crippen LogP contribution is 2.33. The number of carbonyl (C=O) groups is 1. The standard InChI is InChI=1S/C23H22O3/c1-16-9-11-18(12-10-16)22(17-7-5-4-6-8-17)23(24)19-13-14-20(25-2)21(15-19)26-3/h4-15,22H,1-3H3/t22-/m1/s1. The first-order valence-electron chi connectivity index (χ1n) is 8.51. The molecule has 26 heavy (non-hydrogen) atoms. The molecule has 0 saturated heterocycles. The third kappa shape index (κ3) is 3.62. The smallest absolute Gasteiger partial charge is 0.174 e. The molecule has 0 fully saturated rings. The van der Waals surface area contributed by atoms with Gasteiger partial charge in [0.1, 0.15) is 0 Å². The van der Waals surface area contributed by atoms with Gasteiger partial charge in [0, 0.05) is 5.56 Å². The number of hydrogen-bond donors (Lipinski definition) is 0. The van der Waals surface area contributed by atoms with Crippen molar-refractivity contribution in [2.75, 3.05) is 14.2 Å². The number of ether oxygens (including phenoxy) is 2. The van der Waals surface area contributed by atoms with Gasteiger partial charge in [0.25, 0.3) is 0 Å². The first-order chi connectivity index (χ1) is 12.6. The van der Waals surface area contributed by atoms with Gasteiger partial charge in [-0.1, -0.05) is 60.2 Å². The molecule has 1 atom stereocenters. The monoisotopic (exact) mass is 346 g/mol. The summed E-state index contributed by atoms with van der Waals surface area (Å²) >= 11 is 0. The Morgan fingerprint density at radius 1 is 0.769 bits per heavy atom. The second-order valence-electron chi connectivity index (χ2n) is 6.19. The molecule has 0 unspecified atom stereocenters. The highest BCUT2D eigenvalue weighted by Gasteiger charge is 2.24. The van der Waals surface area contributed by atoms with Crippen LogP contribution in [0, 0.1) is 6.92 Å². The lowest BCUT2D eigenvalue weighted by atomic mass is 9.84. The molecule has 0 amide bonds. The number of benzene rings is 3. The summed E-state index contributed by atoms with van der Waals surface area (Å²) < 4.78 is 10.6. The average Bonchev–Trinajstić information content (AvgIpc) is 2.69. The molecule has 3 aromatic rings. The summed E-state index contributed by atoms with van der Waals surface area (Å²) in [5.74, 6) is 0.820. The van der Waals surface area contributed by atoms with Crippen molar-refractivity contribution in [3.8, 4) is 11.5 Å². The number of carbonyl (C=O) groups excluding carboxylic acids is 1. The lowest BCUT2D eigenvalue weighted by molar-refractivity contribution is 0.0973. The molecule has 0 aromatic heterocycles. The van der Waals surface area contributed by atoms with Crippen LogP contribution >= 0.6 is 0 Å². The van der Waals surface area contributed by atoms with E-state index in [1.54, 1.807) is 32.4 Å². The zero-order valence-corrected chi connectivity index (χ0v) is 15.2. The quantitative estimate of drug-likeness (QED) is 0.588. The first-order valence-corrected chi connectivity index (χ1v) is 8.51. The van der Waals surface area contributed by atoms with Gasteiger partial charge in [-0.15, -0.1) is 0 Å². The first kappa shape index (κ1) is 17.7. The summed E-state index contributed by atoms with van der Waals surface area (Å²) in [6.07, 6.45) is 0. The van der Waals surface area contributed by atoms with Gasteiger partial charge >= 0.3 is 0 Å². The van der Waals surface area contributed by atoms with E-state index >= 15 is 0 Å². The minimum atomic E-state index is -0.366. The van der Waals surface area contributed by atoms with Crippen LogP contribution in [0.4, 0.5) is 0 Å². The summed E-state index contributed by atoms with van der Waals surface area (Å²) in [7, 11) is 3.15. The lowest BCUT2D eigenvalue weighted by Crippen LogP contribution is -2.15. The minimum Gasteiger partial charge on any atom is -0.493 e. The summed E-state index contributed by atoms with van der Waals surface area (Å²) in [4.78, 5) is 13.4. The SMILES string of the molecule is COc1ccc(C(=O)[C@H](c2ccccc2)c2ccc(C)cc2)cc1OC. The van der Waals surface area contributed by atoms with E-state index in [4.69, 9.17) is 9.47 Å². The van der Waals surface area contributed by atoms with Crippen molar-refractivity contribution in [2.45, 2.75) is 12.8 Å². The van der Waals surface area contributed by atoms with Gasteiger partial charge in [0.05, 0.1) is 20.1 Å². The second kappa shape index (κ2) is 7.87. The molecule has 0 saturated carbocycles. The van der Waals surface area contributed by atoms with Gasteiger partial charge in [-0.25, -0.2) is 0 Å². The number of Topliss-reactive ketones (excluding diaryl/α,β-unsaturated/α-hetero) is 1. The Balaban J connectivity index is 2.07. The average molecular weight is 346 g/mol. The van der Waals surface area contributed by atoms with Crippen LogP contribution in [0.1, 0.15) is 33.0 Å². The van der Waals surface area contributed by atoms with Gasteiger partial charge in [0.2, 0.25) is 0 Å². The van der Waals surface area contributed by atoms with E-state index in [0.717, 1.165) is 11.1 Å². The molecular weight excluding hydrogens is 324 g/mol. The fourth-order valence-corrected chi connectivity index (χ4v) is 3.06. The summed E-state index contributed by atoms with van der Waals surface area (Å²) in [5.41, 5.74) is 3.70. The van der Waals surface area contributed by atoms with E-state index in [-0.39, 0.29) is 11.7 Å². The van der Waals surface area contributed by atoms with Crippen LogP contribution < -0.4 is 9.47 Å². The Hall–Kier alpha value is -3.07. The van der Waals surface area contributed by atoms with Crippen molar-refractivity contribution in [3.05, 3.63) is 95.1 Å². The third-order valence-corrected chi connectivity index (χ3v) is 4.47. The molecular formula is C23H22O3. The number of aryl methyl sites for hydroxylation is 1. The van der Waals surface area contributed by atoms with Crippen LogP contribution in [0.5, 0.6) is 11.5 Å². The molecule has 0 aliphatic carbocycles. The number of methoxy groups -OCH3 is 2. The molecule has 0 N–H and O–H groups in total. The maximum absolute atomic E-state index is 13.4.